The normalized spacial score (nSPS) is 9.70. The Morgan fingerprint density at radius 2 is 2.25 bits per heavy atom. The zero-order valence-corrected chi connectivity index (χ0v) is 11.3. The summed E-state index contributed by atoms with van der Waals surface area (Å²) in [5, 5.41) is 13.2. The molecule has 1 heterocycles. The third kappa shape index (κ3) is 3.67. The Kier molecular flexibility index (Phi) is 4.88. The number of rotatable bonds is 3. The average Bonchev–Trinajstić information content (AvgIpc) is 2.97. The highest BCUT2D eigenvalue weighted by Gasteiger charge is 2.12. The van der Waals surface area contributed by atoms with Gasteiger partial charge in [-0.15, -0.1) is 11.3 Å². The maximum atomic E-state index is 13.7. The lowest BCUT2D eigenvalue weighted by Crippen LogP contribution is -2.23. The molecule has 2 N–H and O–H groups in total. The van der Waals surface area contributed by atoms with E-state index < -0.39 is 11.7 Å². The first-order valence-corrected chi connectivity index (χ1v) is 6.78. The van der Waals surface area contributed by atoms with Crippen LogP contribution in [0.15, 0.2) is 35.7 Å². The van der Waals surface area contributed by atoms with Crippen molar-refractivity contribution in [2.45, 2.75) is 6.54 Å². The van der Waals surface area contributed by atoms with Gasteiger partial charge in [-0.25, -0.2) is 4.39 Å². The summed E-state index contributed by atoms with van der Waals surface area (Å²) in [6.45, 7) is 0.0831. The van der Waals surface area contributed by atoms with Gasteiger partial charge < -0.3 is 10.4 Å². The molecular formula is C15H12FNO2S. The average molecular weight is 289 g/mol. The monoisotopic (exact) mass is 289 g/mol. The summed E-state index contributed by atoms with van der Waals surface area (Å²) in [4.78, 5) is 12.9. The topological polar surface area (TPSA) is 49.3 Å². The van der Waals surface area contributed by atoms with Gasteiger partial charge in [0.1, 0.15) is 12.4 Å². The van der Waals surface area contributed by atoms with Gasteiger partial charge in [0, 0.05) is 10.4 Å². The number of carbonyl (C=O) groups is 1. The summed E-state index contributed by atoms with van der Waals surface area (Å²) >= 11 is 1.52. The van der Waals surface area contributed by atoms with Crippen molar-refractivity contribution >= 4 is 17.2 Å². The molecule has 2 rings (SSSR count). The van der Waals surface area contributed by atoms with E-state index in [2.05, 4.69) is 17.2 Å². The van der Waals surface area contributed by atoms with Crippen molar-refractivity contribution in [2.24, 2.45) is 0 Å². The summed E-state index contributed by atoms with van der Waals surface area (Å²) in [5.41, 5.74) is 0.438. The molecule has 0 saturated heterocycles. The zero-order valence-electron chi connectivity index (χ0n) is 10.5. The second-order valence-electron chi connectivity index (χ2n) is 3.92. The molecule has 0 spiro atoms. The molecule has 1 amide bonds. The van der Waals surface area contributed by atoms with Crippen LogP contribution in [-0.4, -0.2) is 17.6 Å². The lowest BCUT2D eigenvalue weighted by Gasteiger charge is -2.05. The SMILES string of the molecule is O=C(NCc1cccs1)c1cc(C#CCO)ccc1F. The molecule has 5 heteroatoms. The first-order chi connectivity index (χ1) is 9.70. The summed E-state index contributed by atoms with van der Waals surface area (Å²) in [7, 11) is 0. The van der Waals surface area contributed by atoms with Crippen LogP contribution >= 0.6 is 11.3 Å². The van der Waals surface area contributed by atoms with Crippen molar-refractivity contribution in [3.8, 4) is 11.8 Å². The Morgan fingerprint density at radius 3 is 2.95 bits per heavy atom. The number of nitrogens with one attached hydrogen (secondary N) is 1. The lowest BCUT2D eigenvalue weighted by molar-refractivity contribution is 0.0947. The van der Waals surface area contributed by atoms with E-state index in [0.29, 0.717) is 12.1 Å². The summed E-state index contributed by atoms with van der Waals surface area (Å²) in [6.07, 6.45) is 0. The second-order valence-corrected chi connectivity index (χ2v) is 4.95. The van der Waals surface area contributed by atoms with Crippen LogP contribution in [0.3, 0.4) is 0 Å². The number of benzene rings is 1. The number of amides is 1. The van der Waals surface area contributed by atoms with E-state index in [1.165, 1.54) is 29.5 Å². The first kappa shape index (κ1) is 14.3. The molecule has 102 valence electrons. The van der Waals surface area contributed by atoms with Gasteiger partial charge in [0.15, 0.2) is 0 Å². The molecule has 0 unspecified atom stereocenters. The Balaban J connectivity index is 2.12. The van der Waals surface area contributed by atoms with Crippen molar-refractivity contribution in [1.29, 1.82) is 0 Å². The predicted octanol–water partition coefficient (Wildman–Crippen LogP) is 2.16. The van der Waals surface area contributed by atoms with Gasteiger partial charge in [-0.2, -0.15) is 0 Å². The molecular weight excluding hydrogens is 277 g/mol. The minimum absolute atomic E-state index is 0.0497. The van der Waals surface area contributed by atoms with Crippen LogP contribution in [0.2, 0.25) is 0 Å². The van der Waals surface area contributed by atoms with Crippen LogP contribution in [0, 0.1) is 17.7 Å². The molecule has 0 atom stereocenters. The smallest absolute Gasteiger partial charge is 0.254 e. The Morgan fingerprint density at radius 1 is 1.40 bits per heavy atom. The number of halogens is 1. The van der Waals surface area contributed by atoms with Gasteiger partial charge >= 0.3 is 0 Å². The fourth-order valence-electron chi connectivity index (χ4n) is 1.59. The van der Waals surface area contributed by atoms with Gasteiger partial charge in [-0.3, -0.25) is 4.79 Å². The number of carbonyl (C=O) groups excluding carboxylic acids is 1. The predicted molar refractivity (Wildman–Crippen MR) is 75.9 cm³/mol. The van der Waals surface area contributed by atoms with Gasteiger partial charge in [-0.05, 0) is 29.6 Å². The number of thiophene rings is 1. The van der Waals surface area contributed by atoms with Crippen molar-refractivity contribution in [1.82, 2.24) is 5.32 Å². The minimum Gasteiger partial charge on any atom is -0.384 e. The van der Waals surface area contributed by atoms with E-state index in [1.54, 1.807) is 0 Å². The number of hydrogen-bond donors (Lipinski definition) is 2. The van der Waals surface area contributed by atoms with E-state index >= 15 is 0 Å². The highest BCUT2D eigenvalue weighted by Crippen LogP contribution is 2.12. The molecule has 0 aliphatic carbocycles. The molecule has 2 aromatic rings. The van der Waals surface area contributed by atoms with E-state index in [9.17, 15) is 9.18 Å². The molecule has 1 aromatic heterocycles. The number of aliphatic hydroxyl groups excluding tert-OH is 1. The fourth-order valence-corrected chi connectivity index (χ4v) is 2.24. The number of hydrogen-bond acceptors (Lipinski definition) is 3. The van der Waals surface area contributed by atoms with Crippen LogP contribution in [-0.2, 0) is 6.54 Å². The Labute approximate surface area is 120 Å². The third-order valence-electron chi connectivity index (χ3n) is 2.53. The molecule has 0 radical (unpaired) electrons. The van der Waals surface area contributed by atoms with Crippen LogP contribution in [0.25, 0.3) is 0 Å². The van der Waals surface area contributed by atoms with Crippen molar-refractivity contribution in [2.75, 3.05) is 6.61 Å². The first-order valence-electron chi connectivity index (χ1n) is 5.90. The van der Waals surface area contributed by atoms with Gasteiger partial charge in [0.2, 0.25) is 0 Å². The van der Waals surface area contributed by atoms with Gasteiger partial charge in [0.05, 0.1) is 12.1 Å². The summed E-state index contributed by atoms with van der Waals surface area (Å²) in [5.74, 6) is 4.02. The minimum atomic E-state index is -0.594. The maximum absolute atomic E-state index is 13.7. The van der Waals surface area contributed by atoms with Crippen molar-refractivity contribution < 1.29 is 14.3 Å². The van der Waals surface area contributed by atoms with Gasteiger partial charge in [0.25, 0.3) is 5.91 Å². The van der Waals surface area contributed by atoms with Crippen LogP contribution in [0.5, 0.6) is 0 Å². The molecule has 3 nitrogen and oxygen atoms in total. The van der Waals surface area contributed by atoms with E-state index in [-0.39, 0.29) is 12.2 Å². The lowest BCUT2D eigenvalue weighted by atomic mass is 10.1. The quantitative estimate of drug-likeness (QED) is 0.851. The van der Waals surface area contributed by atoms with Crippen molar-refractivity contribution in [3.05, 3.63) is 57.5 Å². The third-order valence-corrected chi connectivity index (χ3v) is 3.40. The summed E-state index contributed by atoms with van der Waals surface area (Å²) < 4.78 is 13.7. The zero-order chi connectivity index (χ0) is 14.4. The second kappa shape index (κ2) is 6.85. The maximum Gasteiger partial charge on any atom is 0.254 e. The Hall–Kier alpha value is -2.16. The molecule has 1 aromatic carbocycles. The molecule has 0 bridgehead atoms. The highest BCUT2D eigenvalue weighted by atomic mass is 32.1. The molecule has 0 aliphatic rings. The van der Waals surface area contributed by atoms with E-state index in [0.717, 1.165) is 4.88 Å². The van der Waals surface area contributed by atoms with Gasteiger partial charge in [-0.1, -0.05) is 17.9 Å². The molecule has 0 fully saturated rings. The van der Waals surface area contributed by atoms with Crippen LogP contribution < -0.4 is 5.32 Å². The molecule has 0 saturated carbocycles. The summed E-state index contributed by atoms with van der Waals surface area (Å²) in [6, 6.07) is 7.82. The largest absolute Gasteiger partial charge is 0.384 e. The standard InChI is InChI=1S/C15H12FNO2S/c16-14-6-5-11(3-1-7-18)9-13(14)15(19)17-10-12-4-2-8-20-12/h2,4-6,8-9,18H,7,10H2,(H,17,19). The van der Waals surface area contributed by atoms with E-state index in [4.69, 9.17) is 5.11 Å². The Bertz CT molecular complexity index is 656. The molecule has 20 heavy (non-hydrogen) atoms. The van der Waals surface area contributed by atoms with E-state index in [1.807, 2.05) is 17.5 Å². The molecule has 0 aliphatic heterocycles. The fraction of sp³-hybridized carbons (Fsp3) is 0.133. The van der Waals surface area contributed by atoms with Crippen molar-refractivity contribution in [3.63, 3.8) is 0 Å². The van der Waals surface area contributed by atoms with Crippen LogP contribution in [0.1, 0.15) is 20.8 Å². The highest BCUT2D eigenvalue weighted by molar-refractivity contribution is 7.09. The number of aliphatic hydroxyl groups is 1. The van der Waals surface area contributed by atoms with Crippen LogP contribution in [0.4, 0.5) is 4.39 Å².